The third kappa shape index (κ3) is 2.39. The molecule has 1 aromatic heterocycles. The molecule has 0 aliphatic heterocycles. The van der Waals surface area contributed by atoms with Crippen molar-refractivity contribution >= 4 is 5.57 Å². The molecule has 1 rings (SSSR count). The topological polar surface area (TPSA) is 25.8 Å². The van der Waals surface area contributed by atoms with E-state index in [1.165, 1.54) is 0 Å². The van der Waals surface area contributed by atoms with Crippen LogP contribution in [0.15, 0.2) is 37.5 Å². The van der Waals surface area contributed by atoms with Crippen molar-refractivity contribution in [3.63, 3.8) is 0 Å². The summed E-state index contributed by atoms with van der Waals surface area (Å²) in [4.78, 5) is 8.54. The van der Waals surface area contributed by atoms with Crippen molar-refractivity contribution in [3.8, 4) is 0 Å². The number of hydrogen-bond acceptors (Lipinski definition) is 2. The minimum atomic E-state index is 0.775. The number of allylic oxidation sites excluding steroid dienone is 4. The van der Waals surface area contributed by atoms with Crippen LogP contribution in [0.5, 0.6) is 0 Å². The summed E-state index contributed by atoms with van der Waals surface area (Å²) >= 11 is 0. The fourth-order valence-electron chi connectivity index (χ4n) is 1.25. The van der Waals surface area contributed by atoms with E-state index < -0.39 is 0 Å². The zero-order chi connectivity index (χ0) is 10.6. The molecule has 0 spiro atoms. The highest BCUT2D eigenvalue weighted by molar-refractivity contribution is 5.72. The van der Waals surface area contributed by atoms with E-state index in [1.54, 1.807) is 12.2 Å². The molecule has 0 aromatic carbocycles. The Morgan fingerprint density at radius 3 is 2.50 bits per heavy atom. The summed E-state index contributed by atoms with van der Waals surface area (Å²) in [6.07, 6.45) is 5.38. The van der Waals surface area contributed by atoms with E-state index in [-0.39, 0.29) is 0 Å². The predicted octanol–water partition coefficient (Wildman–Crippen LogP) is 2.85. The van der Waals surface area contributed by atoms with E-state index >= 15 is 0 Å². The highest BCUT2D eigenvalue weighted by Gasteiger charge is 2.00. The molecule has 72 valence electrons. The lowest BCUT2D eigenvalue weighted by atomic mass is 10.1. The van der Waals surface area contributed by atoms with Gasteiger partial charge in [-0.1, -0.05) is 31.4 Å². The molecule has 0 radical (unpaired) electrons. The van der Waals surface area contributed by atoms with Gasteiger partial charge in [-0.15, -0.1) is 0 Å². The van der Waals surface area contributed by atoms with E-state index in [4.69, 9.17) is 0 Å². The van der Waals surface area contributed by atoms with Crippen LogP contribution in [0.1, 0.15) is 17.2 Å². The molecule has 1 aromatic rings. The maximum absolute atomic E-state index is 4.33. The molecule has 0 fully saturated rings. The summed E-state index contributed by atoms with van der Waals surface area (Å²) in [6.45, 7) is 11.2. The normalized spacial score (nSPS) is 11.1. The second-order valence-corrected chi connectivity index (χ2v) is 3.00. The summed E-state index contributed by atoms with van der Waals surface area (Å²) in [5.74, 6) is 0.775. The Bertz CT molecular complexity index is 369. The van der Waals surface area contributed by atoms with Gasteiger partial charge in [0, 0.05) is 5.69 Å². The van der Waals surface area contributed by atoms with Crippen LogP contribution in [0.25, 0.3) is 5.57 Å². The van der Waals surface area contributed by atoms with Gasteiger partial charge in [0.25, 0.3) is 0 Å². The van der Waals surface area contributed by atoms with Crippen molar-refractivity contribution in [1.82, 2.24) is 9.97 Å². The van der Waals surface area contributed by atoms with Crippen LogP contribution in [0.4, 0.5) is 0 Å². The quantitative estimate of drug-likeness (QED) is 0.678. The fraction of sp³-hybridized carbons (Fsp3) is 0.167. The lowest BCUT2D eigenvalue weighted by Crippen LogP contribution is -1.95. The molecule has 0 bridgehead atoms. The standard InChI is InChI=1S/C12H14N2/c1-5-7-11(6-2)12-8-9(3)13-10(4)14-12/h5-8H,1-2H2,3-4H3/b11-7+. The minimum absolute atomic E-state index is 0.775. The Morgan fingerprint density at radius 1 is 1.29 bits per heavy atom. The molecule has 0 aliphatic carbocycles. The van der Waals surface area contributed by atoms with E-state index in [9.17, 15) is 0 Å². The zero-order valence-corrected chi connectivity index (χ0v) is 8.62. The van der Waals surface area contributed by atoms with Crippen LogP contribution >= 0.6 is 0 Å². The van der Waals surface area contributed by atoms with Gasteiger partial charge in [0.15, 0.2) is 0 Å². The number of nitrogens with zero attached hydrogens (tertiary/aromatic N) is 2. The van der Waals surface area contributed by atoms with Crippen molar-refractivity contribution in [2.75, 3.05) is 0 Å². The molecule has 0 atom stereocenters. The molecular formula is C12H14N2. The van der Waals surface area contributed by atoms with Gasteiger partial charge in [0.05, 0.1) is 5.69 Å². The number of aryl methyl sites for hydroxylation is 2. The molecule has 0 unspecified atom stereocenters. The van der Waals surface area contributed by atoms with Crippen LogP contribution in [-0.2, 0) is 0 Å². The van der Waals surface area contributed by atoms with Crippen molar-refractivity contribution in [1.29, 1.82) is 0 Å². The first-order valence-electron chi connectivity index (χ1n) is 4.45. The molecule has 0 amide bonds. The average molecular weight is 186 g/mol. The summed E-state index contributed by atoms with van der Waals surface area (Å²) < 4.78 is 0. The van der Waals surface area contributed by atoms with Crippen LogP contribution in [0, 0.1) is 13.8 Å². The number of rotatable bonds is 3. The molecule has 0 saturated heterocycles. The second kappa shape index (κ2) is 4.51. The second-order valence-electron chi connectivity index (χ2n) is 3.00. The van der Waals surface area contributed by atoms with Gasteiger partial charge in [-0.05, 0) is 25.5 Å². The number of hydrogen-bond donors (Lipinski definition) is 0. The lowest BCUT2D eigenvalue weighted by Gasteiger charge is -2.03. The third-order valence-corrected chi connectivity index (χ3v) is 1.78. The Kier molecular flexibility index (Phi) is 3.35. The van der Waals surface area contributed by atoms with E-state index in [0.717, 1.165) is 22.8 Å². The summed E-state index contributed by atoms with van der Waals surface area (Å²) in [5.41, 5.74) is 2.82. The largest absolute Gasteiger partial charge is 0.239 e. The van der Waals surface area contributed by atoms with Gasteiger partial charge in [-0.25, -0.2) is 9.97 Å². The van der Waals surface area contributed by atoms with Gasteiger partial charge in [0.2, 0.25) is 0 Å². The molecule has 0 N–H and O–H groups in total. The Balaban J connectivity index is 3.23. The molecule has 0 aliphatic rings. The minimum Gasteiger partial charge on any atom is -0.239 e. The van der Waals surface area contributed by atoms with Crippen molar-refractivity contribution in [2.45, 2.75) is 13.8 Å². The van der Waals surface area contributed by atoms with Gasteiger partial charge in [-0.3, -0.25) is 0 Å². The smallest absolute Gasteiger partial charge is 0.126 e. The van der Waals surface area contributed by atoms with E-state index in [1.807, 2.05) is 26.0 Å². The molecule has 14 heavy (non-hydrogen) atoms. The van der Waals surface area contributed by atoms with Gasteiger partial charge >= 0.3 is 0 Å². The van der Waals surface area contributed by atoms with E-state index in [2.05, 4.69) is 23.1 Å². The van der Waals surface area contributed by atoms with Crippen molar-refractivity contribution in [2.24, 2.45) is 0 Å². The van der Waals surface area contributed by atoms with Crippen molar-refractivity contribution in [3.05, 3.63) is 54.7 Å². The fourth-order valence-corrected chi connectivity index (χ4v) is 1.25. The summed E-state index contributed by atoms with van der Waals surface area (Å²) in [5, 5.41) is 0. The van der Waals surface area contributed by atoms with E-state index in [0.29, 0.717) is 0 Å². The maximum atomic E-state index is 4.33. The van der Waals surface area contributed by atoms with Crippen LogP contribution < -0.4 is 0 Å². The molecule has 2 nitrogen and oxygen atoms in total. The lowest BCUT2D eigenvalue weighted by molar-refractivity contribution is 0.999. The van der Waals surface area contributed by atoms with Crippen LogP contribution in [-0.4, -0.2) is 9.97 Å². The molecule has 2 heteroatoms. The molecule has 0 saturated carbocycles. The van der Waals surface area contributed by atoms with Crippen molar-refractivity contribution < 1.29 is 0 Å². The average Bonchev–Trinajstić information content (AvgIpc) is 2.12. The highest BCUT2D eigenvalue weighted by Crippen LogP contribution is 2.13. The van der Waals surface area contributed by atoms with Crippen LogP contribution in [0.2, 0.25) is 0 Å². The maximum Gasteiger partial charge on any atom is 0.126 e. The number of aromatic nitrogens is 2. The third-order valence-electron chi connectivity index (χ3n) is 1.78. The molecule has 1 heterocycles. The first-order chi connectivity index (χ1) is 6.67. The summed E-state index contributed by atoms with van der Waals surface area (Å²) in [7, 11) is 0. The van der Waals surface area contributed by atoms with Gasteiger partial charge in [-0.2, -0.15) is 0 Å². The zero-order valence-electron chi connectivity index (χ0n) is 8.62. The molecular weight excluding hydrogens is 172 g/mol. The predicted molar refractivity (Wildman–Crippen MR) is 59.9 cm³/mol. The van der Waals surface area contributed by atoms with Crippen LogP contribution in [0.3, 0.4) is 0 Å². The Hall–Kier alpha value is -1.70. The van der Waals surface area contributed by atoms with Gasteiger partial charge in [0.1, 0.15) is 5.82 Å². The Labute approximate surface area is 84.7 Å². The first-order valence-corrected chi connectivity index (χ1v) is 4.45. The summed E-state index contributed by atoms with van der Waals surface area (Å²) in [6, 6.07) is 1.93. The van der Waals surface area contributed by atoms with Gasteiger partial charge < -0.3 is 0 Å². The Morgan fingerprint density at radius 2 is 2.00 bits per heavy atom. The first kappa shape index (κ1) is 10.4. The SMILES string of the molecule is C=C/C=C(\C=C)c1cc(C)nc(C)n1. The monoisotopic (exact) mass is 186 g/mol. The highest BCUT2D eigenvalue weighted by atomic mass is 14.9.